The minimum absolute atomic E-state index is 0.00935. The molecule has 0 saturated carbocycles. The highest BCUT2D eigenvalue weighted by atomic mass is 32.2. The summed E-state index contributed by atoms with van der Waals surface area (Å²) in [5, 5.41) is 2.47. The van der Waals surface area contributed by atoms with Crippen LogP contribution in [0.25, 0.3) is 0 Å². The van der Waals surface area contributed by atoms with Gasteiger partial charge in [0, 0.05) is 12.8 Å². The Morgan fingerprint density at radius 3 is 3.00 bits per heavy atom. The van der Waals surface area contributed by atoms with Crippen molar-refractivity contribution in [1.82, 2.24) is 5.32 Å². The molecule has 0 saturated heterocycles. The van der Waals surface area contributed by atoms with E-state index in [0.29, 0.717) is 5.75 Å². The van der Waals surface area contributed by atoms with Crippen molar-refractivity contribution in [2.75, 3.05) is 12.8 Å². The van der Waals surface area contributed by atoms with Crippen LogP contribution in [0.1, 0.15) is 0 Å². The van der Waals surface area contributed by atoms with Gasteiger partial charge in [0.05, 0.1) is 0 Å². The van der Waals surface area contributed by atoms with Crippen LogP contribution in [0.2, 0.25) is 0 Å². The summed E-state index contributed by atoms with van der Waals surface area (Å²) in [5.74, 6) is 0.680. The van der Waals surface area contributed by atoms with Crippen LogP contribution in [0.15, 0.2) is 12.7 Å². The molecule has 0 atom stereocenters. The molecule has 0 aliphatic heterocycles. The van der Waals surface area contributed by atoms with Crippen molar-refractivity contribution in [3.05, 3.63) is 12.7 Å². The smallest absolute Gasteiger partial charge is 0.279 e. The van der Waals surface area contributed by atoms with Crippen LogP contribution < -0.4 is 5.32 Å². The zero-order chi connectivity index (χ0) is 6.41. The van der Waals surface area contributed by atoms with E-state index in [9.17, 15) is 4.79 Å². The number of carbonyl (C=O) groups is 1. The van der Waals surface area contributed by atoms with Gasteiger partial charge < -0.3 is 5.32 Å². The second-order valence-electron chi connectivity index (χ2n) is 1.14. The number of nitrogens with one attached hydrogen (secondary N) is 1. The fourth-order valence-electron chi connectivity index (χ4n) is 0.207. The highest BCUT2D eigenvalue weighted by molar-refractivity contribution is 8.13. The Morgan fingerprint density at radius 2 is 2.62 bits per heavy atom. The Labute approximate surface area is 53.3 Å². The van der Waals surface area contributed by atoms with Crippen LogP contribution in [0.3, 0.4) is 0 Å². The summed E-state index contributed by atoms with van der Waals surface area (Å²) in [5.41, 5.74) is 0. The molecule has 0 heterocycles. The second kappa shape index (κ2) is 4.71. The molecule has 0 rings (SSSR count). The maximum absolute atomic E-state index is 10.4. The molecule has 0 spiro atoms. The van der Waals surface area contributed by atoms with E-state index in [2.05, 4.69) is 11.9 Å². The van der Waals surface area contributed by atoms with Crippen LogP contribution in [-0.2, 0) is 0 Å². The van der Waals surface area contributed by atoms with Gasteiger partial charge in [0.2, 0.25) is 0 Å². The van der Waals surface area contributed by atoms with E-state index < -0.39 is 0 Å². The van der Waals surface area contributed by atoms with Crippen molar-refractivity contribution >= 4 is 17.0 Å². The van der Waals surface area contributed by atoms with Gasteiger partial charge in [0.15, 0.2) is 0 Å². The van der Waals surface area contributed by atoms with Crippen LogP contribution in [-0.4, -0.2) is 18.0 Å². The lowest BCUT2D eigenvalue weighted by molar-refractivity contribution is 0.262. The Kier molecular flexibility index (Phi) is 4.45. The molecule has 8 heavy (non-hydrogen) atoms. The van der Waals surface area contributed by atoms with E-state index in [1.807, 2.05) is 0 Å². The fraction of sp³-hybridized carbons (Fsp3) is 0.400. The SMILES string of the molecule is C=CCSC(=O)NC. The quantitative estimate of drug-likeness (QED) is 0.571. The van der Waals surface area contributed by atoms with Gasteiger partial charge in [-0.25, -0.2) is 0 Å². The minimum atomic E-state index is -0.00935. The predicted octanol–water partition coefficient (Wildman–Crippen LogP) is 1.24. The Bertz CT molecular complexity index is 92.4. The van der Waals surface area contributed by atoms with Gasteiger partial charge in [-0.05, 0) is 0 Å². The van der Waals surface area contributed by atoms with Crippen molar-refractivity contribution in [2.45, 2.75) is 0 Å². The number of rotatable bonds is 2. The van der Waals surface area contributed by atoms with Gasteiger partial charge in [0.25, 0.3) is 5.24 Å². The number of thioether (sulfide) groups is 1. The molecule has 2 nitrogen and oxygen atoms in total. The molecule has 0 aromatic carbocycles. The third kappa shape index (κ3) is 3.74. The molecule has 0 radical (unpaired) electrons. The maximum atomic E-state index is 10.4. The lowest BCUT2D eigenvalue weighted by atomic mass is 10.8. The molecule has 0 fully saturated rings. The molecular formula is C5H9NOS. The molecule has 46 valence electrons. The van der Waals surface area contributed by atoms with Gasteiger partial charge >= 0.3 is 0 Å². The van der Waals surface area contributed by atoms with E-state index in [0.717, 1.165) is 0 Å². The van der Waals surface area contributed by atoms with Crippen molar-refractivity contribution < 1.29 is 4.79 Å². The Hall–Kier alpha value is -0.440. The summed E-state index contributed by atoms with van der Waals surface area (Å²) < 4.78 is 0. The van der Waals surface area contributed by atoms with E-state index in [4.69, 9.17) is 0 Å². The predicted molar refractivity (Wildman–Crippen MR) is 37.1 cm³/mol. The van der Waals surface area contributed by atoms with Gasteiger partial charge in [-0.15, -0.1) is 6.58 Å². The van der Waals surface area contributed by atoms with Crippen molar-refractivity contribution in [2.24, 2.45) is 0 Å². The third-order valence-electron chi connectivity index (χ3n) is 0.536. The molecular weight excluding hydrogens is 122 g/mol. The summed E-state index contributed by atoms with van der Waals surface area (Å²) in [7, 11) is 1.61. The van der Waals surface area contributed by atoms with Crippen LogP contribution in [0.4, 0.5) is 4.79 Å². The van der Waals surface area contributed by atoms with Gasteiger partial charge in [-0.2, -0.15) is 0 Å². The van der Waals surface area contributed by atoms with Crippen molar-refractivity contribution in [3.8, 4) is 0 Å². The van der Waals surface area contributed by atoms with Crippen LogP contribution >= 0.6 is 11.8 Å². The summed E-state index contributed by atoms with van der Waals surface area (Å²) in [6.45, 7) is 3.47. The number of amides is 1. The Morgan fingerprint density at radius 1 is 2.00 bits per heavy atom. The molecule has 0 unspecified atom stereocenters. The standard InChI is InChI=1S/C5H9NOS/c1-3-4-8-5(7)6-2/h3H,1,4H2,2H3,(H,6,7). The fourth-order valence-corrected chi connectivity index (χ4v) is 0.620. The highest BCUT2D eigenvalue weighted by Gasteiger charge is 1.91. The van der Waals surface area contributed by atoms with Crippen molar-refractivity contribution in [3.63, 3.8) is 0 Å². The molecule has 1 N–H and O–H groups in total. The van der Waals surface area contributed by atoms with Gasteiger partial charge in [-0.3, -0.25) is 4.79 Å². The lowest BCUT2D eigenvalue weighted by Crippen LogP contribution is -2.11. The first-order chi connectivity index (χ1) is 3.81. The van der Waals surface area contributed by atoms with E-state index >= 15 is 0 Å². The maximum Gasteiger partial charge on any atom is 0.279 e. The number of carbonyl (C=O) groups excluding carboxylic acids is 1. The van der Waals surface area contributed by atoms with Crippen molar-refractivity contribution in [1.29, 1.82) is 0 Å². The zero-order valence-corrected chi connectivity index (χ0v) is 5.62. The molecule has 0 aliphatic carbocycles. The van der Waals surface area contributed by atoms with E-state index in [1.165, 1.54) is 11.8 Å². The summed E-state index contributed by atoms with van der Waals surface area (Å²) in [6.07, 6.45) is 1.69. The topological polar surface area (TPSA) is 29.1 Å². The highest BCUT2D eigenvalue weighted by Crippen LogP contribution is 1.98. The zero-order valence-electron chi connectivity index (χ0n) is 4.81. The largest absolute Gasteiger partial charge is 0.350 e. The van der Waals surface area contributed by atoms with E-state index in [-0.39, 0.29) is 5.24 Å². The number of hydrogen-bond acceptors (Lipinski definition) is 2. The lowest BCUT2D eigenvalue weighted by Gasteiger charge is -1.91. The summed E-state index contributed by atoms with van der Waals surface area (Å²) >= 11 is 1.21. The first kappa shape index (κ1) is 7.56. The first-order valence-electron chi connectivity index (χ1n) is 2.26. The molecule has 0 aliphatic rings. The van der Waals surface area contributed by atoms with Crippen LogP contribution in [0, 0.1) is 0 Å². The molecule has 0 aromatic rings. The Balaban J connectivity index is 3.11. The summed E-state index contributed by atoms with van der Waals surface area (Å²) in [4.78, 5) is 10.4. The average molecular weight is 131 g/mol. The van der Waals surface area contributed by atoms with Gasteiger partial charge in [-0.1, -0.05) is 17.8 Å². The van der Waals surface area contributed by atoms with Gasteiger partial charge in [0.1, 0.15) is 0 Å². The monoisotopic (exact) mass is 131 g/mol. The minimum Gasteiger partial charge on any atom is -0.350 e. The molecule has 0 aromatic heterocycles. The normalized spacial score (nSPS) is 8.12. The first-order valence-corrected chi connectivity index (χ1v) is 3.25. The van der Waals surface area contributed by atoms with E-state index in [1.54, 1.807) is 13.1 Å². The van der Waals surface area contributed by atoms with Crippen LogP contribution in [0.5, 0.6) is 0 Å². The summed E-state index contributed by atoms with van der Waals surface area (Å²) in [6, 6.07) is 0. The second-order valence-corrected chi connectivity index (χ2v) is 2.13. The third-order valence-corrected chi connectivity index (χ3v) is 1.41. The average Bonchev–Trinajstić information content (AvgIpc) is 1.83. The number of hydrogen-bond donors (Lipinski definition) is 1. The molecule has 3 heteroatoms. The molecule has 0 bridgehead atoms. The molecule has 1 amide bonds.